The Balaban J connectivity index is 1.68. The van der Waals surface area contributed by atoms with E-state index in [2.05, 4.69) is 33.3 Å². The van der Waals surface area contributed by atoms with Gasteiger partial charge in [-0.3, -0.25) is 4.57 Å². The van der Waals surface area contributed by atoms with Crippen molar-refractivity contribution in [1.82, 2.24) is 19.4 Å². The van der Waals surface area contributed by atoms with Crippen LogP contribution < -0.4 is 5.73 Å². The van der Waals surface area contributed by atoms with Gasteiger partial charge in [0.05, 0.1) is 0 Å². The number of hydrogen-bond acceptors (Lipinski definition) is 4. The van der Waals surface area contributed by atoms with E-state index in [0.29, 0.717) is 5.95 Å². The van der Waals surface area contributed by atoms with Crippen molar-refractivity contribution in [2.45, 2.75) is 52.1 Å². The number of imidazole rings is 1. The molecule has 1 atom stereocenters. The van der Waals surface area contributed by atoms with E-state index in [-0.39, 0.29) is 0 Å². The zero-order valence-electron chi connectivity index (χ0n) is 13.0. The average molecular weight is 287 g/mol. The number of nitrogen functional groups attached to an aromatic ring is 1. The van der Waals surface area contributed by atoms with E-state index in [1.807, 2.05) is 12.3 Å². The second kappa shape index (κ2) is 6.02. The van der Waals surface area contributed by atoms with E-state index in [9.17, 15) is 0 Å². The quantitative estimate of drug-likeness (QED) is 0.939. The number of pyridine rings is 1. The van der Waals surface area contributed by atoms with Gasteiger partial charge >= 0.3 is 0 Å². The summed E-state index contributed by atoms with van der Waals surface area (Å²) in [5.41, 5.74) is 9.05. The number of nitrogens with two attached hydrogens (primary N) is 1. The van der Waals surface area contributed by atoms with Crippen molar-refractivity contribution in [1.29, 1.82) is 0 Å². The van der Waals surface area contributed by atoms with Crippen LogP contribution in [0.15, 0.2) is 12.3 Å². The Kier molecular flexibility index (Phi) is 4.10. The molecule has 1 unspecified atom stereocenters. The van der Waals surface area contributed by atoms with Gasteiger partial charge < -0.3 is 10.6 Å². The van der Waals surface area contributed by atoms with Crippen LogP contribution in [0.25, 0.3) is 11.2 Å². The average Bonchev–Trinajstić information content (AvgIpc) is 2.79. The van der Waals surface area contributed by atoms with Crippen LogP contribution in [0.2, 0.25) is 0 Å². The number of likely N-dealkylation sites (tertiary alicyclic amines) is 1. The number of rotatable bonds is 4. The smallest absolute Gasteiger partial charge is 0.202 e. The predicted molar refractivity (Wildman–Crippen MR) is 86.2 cm³/mol. The van der Waals surface area contributed by atoms with E-state index in [1.54, 1.807) is 0 Å². The lowest BCUT2D eigenvalue weighted by Crippen LogP contribution is -2.38. The number of aryl methyl sites for hydroxylation is 2. The van der Waals surface area contributed by atoms with E-state index in [1.165, 1.54) is 25.8 Å². The maximum absolute atomic E-state index is 6.07. The molecular weight excluding hydrogens is 262 g/mol. The van der Waals surface area contributed by atoms with Crippen LogP contribution in [-0.4, -0.2) is 38.6 Å². The lowest BCUT2D eigenvalue weighted by molar-refractivity contribution is 0.157. The van der Waals surface area contributed by atoms with Gasteiger partial charge in [-0.05, 0) is 51.3 Å². The van der Waals surface area contributed by atoms with Gasteiger partial charge in [0.25, 0.3) is 0 Å². The molecule has 2 N–H and O–H groups in total. The van der Waals surface area contributed by atoms with Crippen LogP contribution in [0.4, 0.5) is 5.95 Å². The van der Waals surface area contributed by atoms with Gasteiger partial charge in [-0.2, -0.15) is 0 Å². The summed E-state index contributed by atoms with van der Waals surface area (Å²) in [5, 5.41) is 0. The summed E-state index contributed by atoms with van der Waals surface area (Å²) in [5.74, 6) is 0.582. The van der Waals surface area contributed by atoms with Gasteiger partial charge in [-0.25, -0.2) is 9.97 Å². The topological polar surface area (TPSA) is 60.0 Å². The molecule has 21 heavy (non-hydrogen) atoms. The summed E-state index contributed by atoms with van der Waals surface area (Å²) in [6.45, 7) is 7.65. The summed E-state index contributed by atoms with van der Waals surface area (Å²) in [6, 6.07) is 2.70. The van der Waals surface area contributed by atoms with Gasteiger partial charge in [0.1, 0.15) is 5.52 Å². The molecule has 5 heteroatoms. The highest BCUT2D eigenvalue weighted by atomic mass is 15.2. The minimum absolute atomic E-state index is 0.582. The molecule has 3 rings (SSSR count). The van der Waals surface area contributed by atoms with Gasteiger partial charge in [0.15, 0.2) is 5.65 Å². The zero-order valence-corrected chi connectivity index (χ0v) is 13.0. The fourth-order valence-corrected chi connectivity index (χ4v) is 3.30. The fourth-order valence-electron chi connectivity index (χ4n) is 3.30. The second-order valence-corrected chi connectivity index (χ2v) is 6.16. The van der Waals surface area contributed by atoms with Crippen molar-refractivity contribution < 1.29 is 0 Å². The molecule has 1 aliphatic rings. The van der Waals surface area contributed by atoms with Crippen molar-refractivity contribution in [3.05, 3.63) is 17.8 Å². The molecule has 0 aliphatic carbocycles. The first-order valence-corrected chi connectivity index (χ1v) is 7.98. The third-order valence-electron chi connectivity index (χ3n) is 4.63. The van der Waals surface area contributed by atoms with Gasteiger partial charge in [-0.15, -0.1) is 0 Å². The van der Waals surface area contributed by atoms with E-state index in [4.69, 9.17) is 5.73 Å². The van der Waals surface area contributed by atoms with Crippen LogP contribution >= 0.6 is 0 Å². The Morgan fingerprint density at radius 1 is 1.33 bits per heavy atom. The molecule has 1 aliphatic heterocycles. The molecule has 0 spiro atoms. The number of anilines is 1. The molecule has 2 aromatic rings. The number of piperidine rings is 1. The predicted octanol–water partition coefficient (Wildman–Crippen LogP) is 2.59. The van der Waals surface area contributed by atoms with E-state index >= 15 is 0 Å². The molecule has 0 saturated carbocycles. The van der Waals surface area contributed by atoms with Gasteiger partial charge in [-0.1, -0.05) is 6.42 Å². The van der Waals surface area contributed by atoms with Crippen LogP contribution in [0.3, 0.4) is 0 Å². The van der Waals surface area contributed by atoms with Gasteiger partial charge in [0, 0.05) is 25.3 Å². The summed E-state index contributed by atoms with van der Waals surface area (Å²) < 4.78 is 2.05. The SMILES string of the molecule is Cc1ccnc2c1nc(N)n2CCCN1CCCCC1C. The minimum Gasteiger partial charge on any atom is -0.369 e. The minimum atomic E-state index is 0.582. The molecule has 3 heterocycles. The Bertz CT molecular complexity index is 618. The van der Waals surface area contributed by atoms with Crippen LogP contribution in [0.1, 0.15) is 38.2 Å². The number of aromatic nitrogens is 3. The number of fused-ring (bicyclic) bond motifs is 1. The summed E-state index contributed by atoms with van der Waals surface area (Å²) in [7, 11) is 0. The lowest BCUT2D eigenvalue weighted by Gasteiger charge is -2.33. The molecule has 1 fully saturated rings. The summed E-state index contributed by atoms with van der Waals surface area (Å²) in [4.78, 5) is 11.5. The van der Waals surface area contributed by atoms with E-state index < -0.39 is 0 Å². The highest BCUT2D eigenvalue weighted by molar-refractivity contribution is 5.77. The molecule has 1 saturated heterocycles. The second-order valence-electron chi connectivity index (χ2n) is 6.16. The number of nitrogens with zero attached hydrogens (tertiary/aromatic N) is 4. The third kappa shape index (κ3) is 2.88. The fraction of sp³-hybridized carbons (Fsp3) is 0.625. The highest BCUT2D eigenvalue weighted by Gasteiger charge is 2.18. The van der Waals surface area contributed by atoms with Crippen molar-refractivity contribution >= 4 is 17.1 Å². The van der Waals surface area contributed by atoms with Crippen molar-refractivity contribution in [2.24, 2.45) is 0 Å². The van der Waals surface area contributed by atoms with Crippen LogP contribution in [0.5, 0.6) is 0 Å². The first-order chi connectivity index (χ1) is 10.2. The Morgan fingerprint density at radius 3 is 3.00 bits per heavy atom. The summed E-state index contributed by atoms with van der Waals surface area (Å²) in [6.07, 6.45) is 6.97. The first-order valence-electron chi connectivity index (χ1n) is 7.98. The normalized spacial score (nSPS) is 20.2. The largest absolute Gasteiger partial charge is 0.369 e. The monoisotopic (exact) mass is 287 g/mol. The molecule has 114 valence electrons. The van der Waals surface area contributed by atoms with Crippen molar-refractivity contribution in [3.8, 4) is 0 Å². The molecule has 2 aromatic heterocycles. The molecule has 0 radical (unpaired) electrons. The Labute approximate surface area is 126 Å². The lowest BCUT2D eigenvalue weighted by atomic mass is 10.0. The standard InChI is InChI=1S/C16H25N5/c1-12-7-8-18-15-14(12)19-16(17)21(15)11-5-10-20-9-4-3-6-13(20)2/h7-8,13H,3-6,9-11H2,1-2H3,(H2,17,19). The molecular formula is C16H25N5. The molecule has 0 aromatic carbocycles. The van der Waals surface area contributed by atoms with Crippen LogP contribution in [-0.2, 0) is 6.54 Å². The Morgan fingerprint density at radius 2 is 2.19 bits per heavy atom. The van der Waals surface area contributed by atoms with Crippen molar-refractivity contribution in [2.75, 3.05) is 18.8 Å². The zero-order chi connectivity index (χ0) is 14.8. The maximum atomic E-state index is 6.07. The maximum Gasteiger partial charge on any atom is 0.202 e. The van der Waals surface area contributed by atoms with E-state index in [0.717, 1.165) is 42.3 Å². The van der Waals surface area contributed by atoms with Crippen LogP contribution in [0, 0.1) is 6.92 Å². The Hall–Kier alpha value is -1.62. The van der Waals surface area contributed by atoms with Crippen molar-refractivity contribution in [3.63, 3.8) is 0 Å². The highest BCUT2D eigenvalue weighted by Crippen LogP contribution is 2.20. The molecule has 0 bridgehead atoms. The molecule has 0 amide bonds. The first kappa shape index (κ1) is 14.3. The third-order valence-corrected chi connectivity index (χ3v) is 4.63. The summed E-state index contributed by atoms with van der Waals surface area (Å²) >= 11 is 0. The number of hydrogen-bond donors (Lipinski definition) is 1. The van der Waals surface area contributed by atoms with Gasteiger partial charge in [0.2, 0.25) is 5.95 Å². The molecule has 5 nitrogen and oxygen atoms in total.